The lowest BCUT2D eigenvalue weighted by molar-refractivity contribution is 0.585. The summed E-state index contributed by atoms with van der Waals surface area (Å²) in [6.45, 7) is 8.72. The van der Waals surface area contributed by atoms with Crippen LogP contribution in [-0.2, 0) is 5.41 Å². The Hall–Kier alpha value is -0.450. The summed E-state index contributed by atoms with van der Waals surface area (Å²) in [6.07, 6.45) is 3.65. The van der Waals surface area contributed by atoms with Gasteiger partial charge in [-0.2, -0.15) is 0 Å². The summed E-state index contributed by atoms with van der Waals surface area (Å²) in [5.41, 5.74) is 3.69. The van der Waals surface area contributed by atoms with Crippen LogP contribution in [-0.4, -0.2) is 11.2 Å². The first kappa shape index (κ1) is 11.6. The summed E-state index contributed by atoms with van der Waals surface area (Å²) >= 11 is 1.97. The zero-order valence-electron chi connectivity index (χ0n) is 9.00. The van der Waals surface area contributed by atoms with E-state index in [9.17, 15) is 0 Å². The molecule has 0 fully saturated rings. The summed E-state index contributed by atoms with van der Waals surface area (Å²) in [4.78, 5) is 4.29. The minimum atomic E-state index is 0.168. The van der Waals surface area contributed by atoms with Crippen molar-refractivity contribution in [2.24, 2.45) is 3.21 Å². The van der Waals surface area contributed by atoms with Crippen LogP contribution in [0.15, 0.2) is 15.5 Å². The lowest BCUT2D eigenvalue weighted by atomic mass is 9.84. The molecule has 0 aromatic carbocycles. The van der Waals surface area contributed by atoms with E-state index in [-0.39, 0.29) is 5.41 Å². The van der Waals surface area contributed by atoms with Crippen LogP contribution in [0.3, 0.4) is 0 Å². The monoisotopic (exact) mass is 302 g/mol. The van der Waals surface area contributed by atoms with E-state index in [4.69, 9.17) is 0 Å². The molecule has 14 heavy (non-hydrogen) atoms. The predicted octanol–water partition coefficient (Wildman–Crippen LogP) is 3.46. The number of rotatable bonds is 1. The number of hydrogen-bond donors (Lipinski definition) is 0. The van der Waals surface area contributed by atoms with E-state index < -0.39 is 0 Å². The van der Waals surface area contributed by atoms with Crippen LogP contribution in [0, 0.1) is 6.92 Å². The first-order valence-electron chi connectivity index (χ1n) is 4.57. The molecule has 0 amide bonds. The maximum Gasteiger partial charge on any atom is 0.0849 e. The standard InChI is InChI=1S/C11H15IN2/c1-8-9(11(2,3)4)5-6-13-10(8)7-14-12/h5-7H,1-4H3. The Morgan fingerprint density at radius 2 is 2.07 bits per heavy atom. The largest absolute Gasteiger partial charge is 0.255 e. The van der Waals surface area contributed by atoms with Crippen molar-refractivity contribution in [3.63, 3.8) is 0 Å². The average Bonchev–Trinajstić information content (AvgIpc) is 2.07. The van der Waals surface area contributed by atoms with E-state index in [1.807, 2.05) is 29.1 Å². The Morgan fingerprint density at radius 1 is 1.43 bits per heavy atom. The molecule has 0 aliphatic carbocycles. The quantitative estimate of drug-likeness (QED) is 0.576. The van der Waals surface area contributed by atoms with Crippen LogP contribution in [0.25, 0.3) is 0 Å². The zero-order valence-corrected chi connectivity index (χ0v) is 11.2. The van der Waals surface area contributed by atoms with E-state index in [0.717, 1.165) is 5.69 Å². The lowest BCUT2D eigenvalue weighted by Gasteiger charge is -2.21. The van der Waals surface area contributed by atoms with Crippen LogP contribution in [0.4, 0.5) is 0 Å². The van der Waals surface area contributed by atoms with Gasteiger partial charge < -0.3 is 0 Å². The second kappa shape index (κ2) is 4.38. The maximum absolute atomic E-state index is 4.29. The van der Waals surface area contributed by atoms with Crippen molar-refractivity contribution < 1.29 is 0 Å². The third kappa shape index (κ3) is 2.53. The third-order valence-electron chi connectivity index (χ3n) is 2.22. The number of hydrogen-bond acceptors (Lipinski definition) is 2. The van der Waals surface area contributed by atoms with Gasteiger partial charge in [0.15, 0.2) is 0 Å². The SMILES string of the molecule is Cc1c(C(C)(C)C)ccnc1C=NI. The molecule has 0 radical (unpaired) electrons. The summed E-state index contributed by atoms with van der Waals surface area (Å²) < 4.78 is 3.97. The van der Waals surface area contributed by atoms with Crippen molar-refractivity contribution in [3.8, 4) is 0 Å². The van der Waals surface area contributed by atoms with E-state index in [0.29, 0.717) is 0 Å². The van der Waals surface area contributed by atoms with Gasteiger partial charge in [-0.15, -0.1) is 0 Å². The highest BCUT2D eigenvalue weighted by Crippen LogP contribution is 2.25. The Labute approximate surface area is 99.4 Å². The van der Waals surface area contributed by atoms with Crippen molar-refractivity contribution in [3.05, 3.63) is 29.1 Å². The topological polar surface area (TPSA) is 25.2 Å². The Bertz CT molecular complexity index is 351. The zero-order chi connectivity index (χ0) is 10.8. The van der Waals surface area contributed by atoms with Crippen molar-refractivity contribution in [2.45, 2.75) is 33.1 Å². The number of pyridine rings is 1. The molecular weight excluding hydrogens is 287 g/mol. The van der Waals surface area contributed by atoms with Gasteiger partial charge in [0, 0.05) is 6.20 Å². The first-order chi connectivity index (χ1) is 6.46. The van der Waals surface area contributed by atoms with Crippen molar-refractivity contribution >= 4 is 29.1 Å². The molecule has 1 rings (SSSR count). The van der Waals surface area contributed by atoms with Crippen molar-refractivity contribution in [2.75, 3.05) is 0 Å². The van der Waals surface area contributed by atoms with Gasteiger partial charge >= 0.3 is 0 Å². The molecule has 1 aromatic rings. The third-order valence-corrected chi connectivity index (χ3v) is 2.50. The van der Waals surface area contributed by atoms with Gasteiger partial charge in [-0.25, -0.2) is 3.21 Å². The second-order valence-corrected chi connectivity index (χ2v) is 4.90. The molecule has 2 nitrogen and oxygen atoms in total. The molecule has 76 valence electrons. The van der Waals surface area contributed by atoms with Crippen LogP contribution >= 0.6 is 22.9 Å². The fourth-order valence-electron chi connectivity index (χ4n) is 1.54. The molecule has 1 aromatic heterocycles. The van der Waals surface area contributed by atoms with Gasteiger partial charge in [0.1, 0.15) is 0 Å². The second-order valence-electron chi connectivity index (χ2n) is 4.35. The summed E-state index contributed by atoms with van der Waals surface area (Å²) in [6, 6.07) is 2.08. The number of nitrogens with zero attached hydrogens (tertiary/aromatic N) is 2. The van der Waals surface area contributed by atoms with Gasteiger partial charge in [-0.3, -0.25) is 4.98 Å². The van der Waals surface area contributed by atoms with Gasteiger partial charge in [-0.1, -0.05) is 20.8 Å². The van der Waals surface area contributed by atoms with Gasteiger partial charge in [0.25, 0.3) is 0 Å². The van der Waals surface area contributed by atoms with Crippen LogP contribution in [0.1, 0.15) is 37.6 Å². The Morgan fingerprint density at radius 3 is 2.57 bits per heavy atom. The molecule has 0 N–H and O–H groups in total. The molecule has 0 aliphatic heterocycles. The minimum Gasteiger partial charge on any atom is -0.255 e. The van der Waals surface area contributed by atoms with Crippen molar-refractivity contribution in [1.82, 2.24) is 4.98 Å². The highest BCUT2D eigenvalue weighted by Gasteiger charge is 2.17. The normalized spacial score (nSPS) is 12.4. The van der Waals surface area contributed by atoms with Gasteiger partial charge in [-0.05, 0) is 29.5 Å². The molecule has 0 aliphatic rings. The molecule has 1 heterocycles. The Balaban J connectivity index is 3.28. The fraction of sp³-hybridized carbons (Fsp3) is 0.455. The highest BCUT2D eigenvalue weighted by molar-refractivity contribution is 14.1. The molecule has 0 spiro atoms. The van der Waals surface area contributed by atoms with Crippen LogP contribution < -0.4 is 0 Å². The summed E-state index contributed by atoms with van der Waals surface area (Å²) in [5.74, 6) is 0. The molecule has 0 saturated carbocycles. The van der Waals surface area contributed by atoms with Crippen LogP contribution in [0.5, 0.6) is 0 Å². The lowest BCUT2D eigenvalue weighted by Crippen LogP contribution is -2.14. The molecule has 0 unspecified atom stereocenters. The number of halogens is 1. The minimum absolute atomic E-state index is 0.168. The smallest absolute Gasteiger partial charge is 0.0849 e. The first-order valence-corrected chi connectivity index (χ1v) is 5.53. The molecule has 0 atom stereocenters. The molecule has 0 bridgehead atoms. The van der Waals surface area contributed by atoms with Crippen LogP contribution in [0.2, 0.25) is 0 Å². The van der Waals surface area contributed by atoms with E-state index in [2.05, 4.69) is 42.0 Å². The van der Waals surface area contributed by atoms with E-state index >= 15 is 0 Å². The predicted molar refractivity (Wildman–Crippen MR) is 69.3 cm³/mol. The molecular formula is C11H15IN2. The summed E-state index contributed by atoms with van der Waals surface area (Å²) in [7, 11) is 0. The Kier molecular flexibility index (Phi) is 3.64. The van der Waals surface area contributed by atoms with Gasteiger partial charge in [0.05, 0.1) is 34.8 Å². The van der Waals surface area contributed by atoms with Crippen molar-refractivity contribution in [1.29, 1.82) is 0 Å². The van der Waals surface area contributed by atoms with E-state index in [1.54, 1.807) is 6.21 Å². The highest BCUT2D eigenvalue weighted by atomic mass is 127. The molecule has 3 heteroatoms. The molecule has 0 saturated heterocycles. The maximum atomic E-state index is 4.29. The average molecular weight is 302 g/mol. The number of aromatic nitrogens is 1. The van der Waals surface area contributed by atoms with E-state index in [1.165, 1.54) is 11.1 Å². The van der Waals surface area contributed by atoms with Gasteiger partial charge in [0.2, 0.25) is 0 Å². The fourth-order valence-corrected chi connectivity index (χ4v) is 1.80. The summed E-state index contributed by atoms with van der Waals surface area (Å²) in [5, 5.41) is 0.